The lowest BCUT2D eigenvalue weighted by molar-refractivity contribution is -0.139. The van der Waals surface area contributed by atoms with Gasteiger partial charge >= 0.3 is 11.8 Å². The molecule has 7 nitrogen and oxygen atoms in total. The zero-order valence-electron chi connectivity index (χ0n) is 15.9. The standard InChI is InChI=1S/C19H30N4O3/c1-11(2)20-17(25)18(26)23-22-12(3)4-16(24)21-19-8-13-5-14(9-19)7-15(6-13)10-19/h11,13-15H,4-10H2,1-3H3,(H,20,25)(H,21,24)(H,23,26)/b22-12+. The first-order valence-electron chi connectivity index (χ1n) is 9.69. The highest BCUT2D eigenvalue weighted by Gasteiger charge is 2.51. The number of rotatable bonds is 5. The van der Waals surface area contributed by atoms with Crippen LogP contribution < -0.4 is 16.1 Å². The smallest absolute Gasteiger partial charge is 0.329 e. The van der Waals surface area contributed by atoms with Gasteiger partial charge in [0.05, 0.1) is 6.42 Å². The number of amides is 3. The molecule has 4 aliphatic carbocycles. The van der Waals surface area contributed by atoms with Crippen LogP contribution in [-0.4, -0.2) is 35.0 Å². The molecule has 4 fully saturated rings. The van der Waals surface area contributed by atoms with Crippen molar-refractivity contribution in [1.29, 1.82) is 0 Å². The molecule has 0 aromatic carbocycles. The van der Waals surface area contributed by atoms with Gasteiger partial charge in [0, 0.05) is 17.3 Å². The van der Waals surface area contributed by atoms with Crippen molar-refractivity contribution in [1.82, 2.24) is 16.1 Å². The van der Waals surface area contributed by atoms with Gasteiger partial charge in [-0.25, -0.2) is 5.43 Å². The van der Waals surface area contributed by atoms with Gasteiger partial charge in [-0.1, -0.05) is 0 Å². The van der Waals surface area contributed by atoms with Crippen LogP contribution in [-0.2, 0) is 14.4 Å². The summed E-state index contributed by atoms with van der Waals surface area (Å²) in [5, 5.41) is 9.66. The van der Waals surface area contributed by atoms with Crippen LogP contribution in [0.1, 0.15) is 65.7 Å². The summed E-state index contributed by atoms with van der Waals surface area (Å²) in [4.78, 5) is 35.6. The molecule has 3 amide bonds. The van der Waals surface area contributed by atoms with E-state index >= 15 is 0 Å². The van der Waals surface area contributed by atoms with E-state index in [0.29, 0.717) is 5.71 Å². The minimum absolute atomic E-state index is 0.0213. The van der Waals surface area contributed by atoms with Crippen molar-refractivity contribution in [2.45, 2.75) is 77.3 Å². The van der Waals surface area contributed by atoms with E-state index in [2.05, 4.69) is 21.2 Å². The van der Waals surface area contributed by atoms with Crippen LogP contribution in [0, 0.1) is 17.8 Å². The first kappa shape index (κ1) is 18.9. The number of hydrogen-bond donors (Lipinski definition) is 3. The third-order valence-corrected chi connectivity index (χ3v) is 5.83. The fraction of sp³-hybridized carbons (Fsp3) is 0.789. The number of nitrogens with one attached hydrogen (secondary N) is 3. The first-order chi connectivity index (χ1) is 12.2. The van der Waals surface area contributed by atoms with Crippen LogP contribution in [0.15, 0.2) is 5.10 Å². The van der Waals surface area contributed by atoms with Gasteiger partial charge in [-0.2, -0.15) is 5.10 Å². The van der Waals surface area contributed by atoms with Gasteiger partial charge < -0.3 is 10.6 Å². The number of carbonyl (C=O) groups is 3. The summed E-state index contributed by atoms with van der Waals surface area (Å²) in [6.07, 6.45) is 7.45. The van der Waals surface area contributed by atoms with Crippen LogP contribution in [0.3, 0.4) is 0 Å². The molecule has 0 spiro atoms. The Morgan fingerprint density at radius 1 is 1.00 bits per heavy atom. The maximum Gasteiger partial charge on any atom is 0.329 e. The second kappa shape index (κ2) is 7.37. The molecule has 4 rings (SSSR count). The van der Waals surface area contributed by atoms with Crippen molar-refractivity contribution in [3.8, 4) is 0 Å². The summed E-state index contributed by atoms with van der Waals surface area (Å²) >= 11 is 0. The molecule has 0 aromatic heterocycles. The fourth-order valence-corrected chi connectivity index (χ4v) is 5.40. The Kier molecular flexibility index (Phi) is 5.34. The Balaban J connectivity index is 1.49. The number of carbonyl (C=O) groups excluding carboxylic acids is 3. The largest absolute Gasteiger partial charge is 0.350 e. The number of nitrogens with zero attached hydrogens (tertiary/aromatic N) is 1. The maximum absolute atomic E-state index is 12.5. The van der Waals surface area contributed by atoms with Crippen LogP contribution in [0.25, 0.3) is 0 Å². The summed E-state index contributed by atoms with van der Waals surface area (Å²) in [5.41, 5.74) is 2.67. The van der Waals surface area contributed by atoms with Crippen molar-refractivity contribution in [3.05, 3.63) is 0 Å². The van der Waals surface area contributed by atoms with Crippen molar-refractivity contribution in [3.63, 3.8) is 0 Å². The summed E-state index contributed by atoms with van der Waals surface area (Å²) in [7, 11) is 0. The van der Waals surface area contributed by atoms with Crippen LogP contribution in [0.4, 0.5) is 0 Å². The molecule has 4 saturated carbocycles. The quantitative estimate of drug-likeness (QED) is 0.392. The molecular weight excluding hydrogens is 332 g/mol. The predicted octanol–water partition coefficient (Wildman–Crippen LogP) is 1.48. The van der Waals surface area contributed by atoms with Gasteiger partial charge in [0.25, 0.3) is 0 Å². The predicted molar refractivity (Wildman–Crippen MR) is 98.2 cm³/mol. The number of hydrogen-bond acceptors (Lipinski definition) is 4. The summed E-state index contributed by atoms with van der Waals surface area (Å²) in [6, 6.07) is -0.121. The van der Waals surface area contributed by atoms with E-state index in [-0.39, 0.29) is 23.9 Å². The zero-order chi connectivity index (χ0) is 18.9. The van der Waals surface area contributed by atoms with Gasteiger partial charge in [0.2, 0.25) is 5.91 Å². The van der Waals surface area contributed by atoms with Crippen molar-refractivity contribution in [2.24, 2.45) is 22.9 Å². The topological polar surface area (TPSA) is 99.7 Å². The molecule has 26 heavy (non-hydrogen) atoms. The van der Waals surface area contributed by atoms with E-state index in [1.165, 1.54) is 19.3 Å². The second-order valence-electron chi connectivity index (χ2n) is 8.84. The molecule has 0 aliphatic heterocycles. The number of hydrazone groups is 1. The lowest BCUT2D eigenvalue weighted by atomic mass is 9.53. The minimum Gasteiger partial charge on any atom is -0.350 e. The van der Waals surface area contributed by atoms with E-state index in [1.54, 1.807) is 20.8 Å². The average Bonchev–Trinajstić information content (AvgIpc) is 2.49. The fourth-order valence-electron chi connectivity index (χ4n) is 5.40. The van der Waals surface area contributed by atoms with E-state index < -0.39 is 11.8 Å². The second-order valence-corrected chi connectivity index (χ2v) is 8.84. The third-order valence-electron chi connectivity index (χ3n) is 5.83. The van der Waals surface area contributed by atoms with Gasteiger partial charge in [-0.15, -0.1) is 0 Å². The van der Waals surface area contributed by atoms with Crippen molar-refractivity contribution < 1.29 is 14.4 Å². The Bertz CT molecular complexity index is 591. The molecule has 0 atom stereocenters. The SMILES string of the molecule is C/C(CC(=O)NC12CC3CC(CC(C3)C1)C2)=N\NC(=O)C(=O)NC(C)C. The average molecular weight is 362 g/mol. The molecule has 4 aliphatic rings. The van der Waals surface area contributed by atoms with Crippen LogP contribution >= 0.6 is 0 Å². The normalized spacial score (nSPS) is 32.5. The van der Waals surface area contributed by atoms with E-state index in [9.17, 15) is 14.4 Å². The molecule has 3 N–H and O–H groups in total. The molecule has 0 heterocycles. The third kappa shape index (κ3) is 4.43. The van der Waals surface area contributed by atoms with E-state index in [0.717, 1.165) is 37.0 Å². The summed E-state index contributed by atoms with van der Waals surface area (Å²) < 4.78 is 0. The molecule has 144 valence electrons. The van der Waals surface area contributed by atoms with Gasteiger partial charge in [-0.05, 0) is 77.0 Å². The van der Waals surface area contributed by atoms with Gasteiger partial charge in [-0.3, -0.25) is 14.4 Å². The molecule has 0 unspecified atom stereocenters. The van der Waals surface area contributed by atoms with Crippen LogP contribution in [0.5, 0.6) is 0 Å². The highest BCUT2D eigenvalue weighted by molar-refractivity contribution is 6.35. The molecular formula is C19H30N4O3. The summed E-state index contributed by atoms with van der Waals surface area (Å²) in [6.45, 7) is 5.23. The van der Waals surface area contributed by atoms with Gasteiger partial charge in [0.15, 0.2) is 0 Å². The van der Waals surface area contributed by atoms with E-state index in [4.69, 9.17) is 0 Å². The molecule has 7 heteroatoms. The highest BCUT2D eigenvalue weighted by atomic mass is 16.2. The molecule has 0 saturated heterocycles. The van der Waals surface area contributed by atoms with Crippen molar-refractivity contribution in [2.75, 3.05) is 0 Å². The highest BCUT2D eigenvalue weighted by Crippen LogP contribution is 2.55. The lowest BCUT2D eigenvalue weighted by Gasteiger charge is -2.56. The molecule has 0 radical (unpaired) electrons. The van der Waals surface area contributed by atoms with Crippen LogP contribution in [0.2, 0.25) is 0 Å². The Labute approximate surface area is 154 Å². The zero-order valence-corrected chi connectivity index (χ0v) is 15.9. The molecule has 4 bridgehead atoms. The Morgan fingerprint density at radius 2 is 1.54 bits per heavy atom. The maximum atomic E-state index is 12.5. The Hall–Kier alpha value is -1.92. The first-order valence-corrected chi connectivity index (χ1v) is 9.69. The Morgan fingerprint density at radius 3 is 2.04 bits per heavy atom. The molecule has 0 aromatic rings. The van der Waals surface area contributed by atoms with E-state index in [1.807, 2.05) is 0 Å². The monoisotopic (exact) mass is 362 g/mol. The minimum atomic E-state index is -0.820. The van der Waals surface area contributed by atoms with Crippen molar-refractivity contribution >= 4 is 23.4 Å². The summed E-state index contributed by atoms with van der Waals surface area (Å²) in [5.74, 6) is 0.725. The lowest BCUT2D eigenvalue weighted by Crippen LogP contribution is -2.60. The van der Waals surface area contributed by atoms with Gasteiger partial charge in [0.1, 0.15) is 0 Å².